The summed E-state index contributed by atoms with van der Waals surface area (Å²) in [7, 11) is -2.20. The van der Waals surface area contributed by atoms with Gasteiger partial charge >= 0.3 is 6.09 Å². The number of nitrogens with zero attached hydrogens (tertiary/aromatic N) is 1. The molecule has 2 aliphatic rings. The van der Waals surface area contributed by atoms with E-state index in [9.17, 15) is 13.6 Å². The number of ether oxygens (including phenoxy) is 1. The van der Waals surface area contributed by atoms with Crippen molar-refractivity contribution in [3.05, 3.63) is 0 Å². The monoisotopic (exact) mass is 406 g/mol. The number of hydrogen-bond acceptors (Lipinski definition) is 4. The van der Waals surface area contributed by atoms with Crippen LogP contribution in [0.2, 0.25) is 18.1 Å². The molecule has 0 spiro atoms. The van der Waals surface area contributed by atoms with Gasteiger partial charge in [-0.05, 0) is 51.7 Å². The highest BCUT2D eigenvalue weighted by Gasteiger charge is 2.51. The minimum absolute atomic E-state index is 0.00458. The Kier molecular flexibility index (Phi) is 7.30. The van der Waals surface area contributed by atoms with Crippen molar-refractivity contribution in [2.45, 2.75) is 109 Å². The van der Waals surface area contributed by atoms with Gasteiger partial charge in [-0.2, -0.15) is 0 Å². The SMILES string of the molecule is CC[Si](CC)(CC)O[C@H](C(F)F)[C@H]1NC[C@H]2CC[C@@H]1N2C(=O)OC(C)(C)C. The number of carbonyl (C=O) groups excluding carboxylic acids is 1. The van der Waals surface area contributed by atoms with Gasteiger partial charge in [-0.3, -0.25) is 4.90 Å². The van der Waals surface area contributed by atoms with Gasteiger partial charge in [0.05, 0.1) is 12.1 Å². The molecule has 0 aromatic carbocycles. The van der Waals surface area contributed by atoms with Gasteiger partial charge in [0.15, 0.2) is 8.32 Å². The lowest BCUT2D eigenvalue weighted by Gasteiger charge is -2.45. The smallest absolute Gasteiger partial charge is 0.410 e. The fraction of sp³-hybridized carbons (Fsp3) is 0.947. The molecule has 1 amide bonds. The molecule has 0 radical (unpaired) electrons. The summed E-state index contributed by atoms with van der Waals surface area (Å²) in [6, 6.07) is 1.59. The van der Waals surface area contributed by atoms with Crippen LogP contribution in [0.4, 0.5) is 13.6 Å². The molecule has 2 aliphatic heterocycles. The molecule has 0 aromatic heterocycles. The molecule has 2 rings (SSSR count). The number of nitrogens with one attached hydrogen (secondary N) is 1. The number of rotatable bonds is 7. The highest BCUT2D eigenvalue weighted by atomic mass is 28.4. The van der Waals surface area contributed by atoms with Crippen molar-refractivity contribution in [2.75, 3.05) is 6.54 Å². The van der Waals surface area contributed by atoms with Crippen LogP contribution in [0.15, 0.2) is 0 Å². The molecule has 158 valence electrons. The molecule has 2 fully saturated rings. The van der Waals surface area contributed by atoms with Gasteiger partial charge in [0.1, 0.15) is 11.7 Å². The Hall–Kier alpha value is -0.733. The summed E-state index contributed by atoms with van der Waals surface area (Å²) >= 11 is 0. The number of amides is 1. The Morgan fingerprint density at radius 1 is 1.19 bits per heavy atom. The van der Waals surface area contributed by atoms with Crippen molar-refractivity contribution in [3.8, 4) is 0 Å². The third-order valence-corrected chi connectivity index (χ3v) is 10.7. The maximum absolute atomic E-state index is 14.1. The van der Waals surface area contributed by atoms with Gasteiger partial charge in [0.25, 0.3) is 6.43 Å². The zero-order valence-corrected chi connectivity index (χ0v) is 18.6. The van der Waals surface area contributed by atoms with Crippen LogP contribution in [-0.2, 0) is 9.16 Å². The number of piperazine rings is 1. The van der Waals surface area contributed by atoms with E-state index < -0.39 is 38.6 Å². The minimum Gasteiger partial charge on any atom is -0.444 e. The number of alkyl halides is 2. The summed E-state index contributed by atoms with van der Waals surface area (Å²) in [6.07, 6.45) is -2.67. The molecular formula is C19H36F2N2O3Si. The van der Waals surface area contributed by atoms with Gasteiger partial charge in [0.2, 0.25) is 0 Å². The van der Waals surface area contributed by atoms with Crippen molar-refractivity contribution in [3.63, 3.8) is 0 Å². The highest BCUT2D eigenvalue weighted by molar-refractivity contribution is 6.73. The van der Waals surface area contributed by atoms with E-state index in [1.807, 2.05) is 41.5 Å². The van der Waals surface area contributed by atoms with E-state index in [-0.39, 0.29) is 12.1 Å². The van der Waals surface area contributed by atoms with Crippen LogP contribution in [-0.4, -0.2) is 62.1 Å². The Labute approximate surface area is 163 Å². The largest absolute Gasteiger partial charge is 0.444 e. The van der Waals surface area contributed by atoms with Crippen LogP contribution in [0.3, 0.4) is 0 Å². The zero-order valence-electron chi connectivity index (χ0n) is 17.6. The van der Waals surface area contributed by atoms with Crippen molar-refractivity contribution in [2.24, 2.45) is 0 Å². The van der Waals surface area contributed by atoms with Crippen molar-refractivity contribution >= 4 is 14.4 Å². The maximum atomic E-state index is 14.1. The molecule has 2 saturated heterocycles. The first-order valence-electron chi connectivity index (χ1n) is 10.3. The Morgan fingerprint density at radius 2 is 1.78 bits per heavy atom. The molecule has 4 atom stereocenters. The number of halogens is 2. The predicted octanol–water partition coefficient (Wildman–Crippen LogP) is 4.38. The second-order valence-corrected chi connectivity index (χ2v) is 13.5. The Bertz CT molecular complexity index is 503. The van der Waals surface area contributed by atoms with Gasteiger partial charge < -0.3 is 14.5 Å². The number of carbonyl (C=O) groups is 1. The summed E-state index contributed by atoms with van der Waals surface area (Å²) in [5.41, 5.74) is -0.607. The van der Waals surface area contributed by atoms with Crippen LogP contribution >= 0.6 is 0 Å². The fourth-order valence-electron chi connectivity index (χ4n) is 4.38. The molecular weight excluding hydrogens is 370 g/mol. The van der Waals surface area contributed by atoms with Crippen LogP contribution in [0.5, 0.6) is 0 Å². The maximum Gasteiger partial charge on any atom is 0.410 e. The average Bonchev–Trinajstić information content (AvgIpc) is 2.90. The van der Waals surface area contributed by atoms with Gasteiger partial charge in [-0.1, -0.05) is 20.8 Å². The van der Waals surface area contributed by atoms with E-state index >= 15 is 0 Å². The highest BCUT2D eigenvalue weighted by Crippen LogP contribution is 2.36. The van der Waals surface area contributed by atoms with E-state index in [0.29, 0.717) is 13.0 Å². The quantitative estimate of drug-likeness (QED) is 0.638. The third-order valence-electron chi connectivity index (χ3n) is 6.08. The van der Waals surface area contributed by atoms with Gasteiger partial charge in [-0.15, -0.1) is 0 Å². The summed E-state index contributed by atoms with van der Waals surface area (Å²) in [6.45, 7) is 12.1. The molecule has 0 aromatic rings. The van der Waals surface area contributed by atoms with Crippen molar-refractivity contribution in [1.29, 1.82) is 0 Å². The summed E-state index contributed by atoms with van der Waals surface area (Å²) in [4.78, 5) is 14.4. The standard InChI is InChI=1S/C19H36F2N2O3Si/c1-7-27(8-2,9-3)26-16(17(20)21)15-14-11-10-13(12-22-15)23(14)18(24)25-19(4,5)6/h13-17,22H,7-12H2,1-6H3/t13-,14+,15+,16+/m1/s1. The van der Waals surface area contributed by atoms with Crippen LogP contribution < -0.4 is 5.32 Å². The predicted molar refractivity (Wildman–Crippen MR) is 105 cm³/mol. The first kappa shape index (κ1) is 22.6. The molecule has 5 nitrogen and oxygen atoms in total. The second-order valence-electron chi connectivity index (χ2n) is 8.78. The topological polar surface area (TPSA) is 50.8 Å². The van der Waals surface area contributed by atoms with Gasteiger partial charge in [0, 0.05) is 12.6 Å². The van der Waals surface area contributed by atoms with Gasteiger partial charge in [-0.25, -0.2) is 13.6 Å². The van der Waals surface area contributed by atoms with Crippen LogP contribution in [0, 0.1) is 0 Å². The van der Waals surface area contributed by atoms with Crippen molar-refractivity contribution < 1.29 is 22.7 Å². The average molecular weight is 407 g/mol. The van der Waals surface area contributed by atoms with Crippen LogP contribution in [0.1, 0.15) is 54.4 Å². The lowest BCUT2D eigenvalue weighted by Crippen LogP contribution is -2.66. The molecule has 0 aliphatic carbocycles. The van der Waals surface area contributed by atoms with E-state index in [2.05, 4.69) is 5.32 Å². The molecule has 0 unspecified atom stereocenters. The van der Waals surface area contributed by atoms with E-state index in [1.54, 1.807) is 4.90 Å². The van der Waals surface area contributed by atoms with E-state index in [4.69, 9.17) is 9.16 Å². The van der Waals surface area contributed by atoms with E-state index in [0.717, 1.165) is 24.6 Å². The minimum atomic E-state index is -2.59. The molecule has 2 heterocycles. The molecule has 2 bridgehead atoms. The lowest BCUT2D eigenvalue weighted by atomic mass is 9.99. The normalized spacial score (nSPS) is 27.1. The third kappa shape index (κ3) is 5.01. The number of fused-ring (bicyclic) bond motifs is 2. The summed E-state index contributed by atoms with van der Waals surface area (Å²) in [5.74, 6) is 0. The lowest BCUT2D eigenvalue weighted by molar-refractivity contribution is -0.0506. The Balaban J connectivity index is 2.23. The molecule has 1 N–H and O–H groups in total. The zero-order chi connectivity index (χ0) is 20.4. The molecule has 27 heavy (non-hydrogen) atoms. The fourth-order valence-corrected chi connectivity index (χ4v) is 7.20. The van der Waals surface area contributed by atoms with Crippen molar-refractivity contribution in [1.82, 2.24) is 10.2 Å². The second kappa shape index (κ2) is 8.74. The van der Waals surface area contributed by atoms with Crippen LogP contribution in [0.25, 0.3) is 0 Å². The number of hydrogen-bond donors (Lipinski definition) is 1. The summed E-state index contributed by atoms with van der Waals surface area (Å²) in [5, 5.41) is 3.27. The Morgan fingerprint density at radius 3 is 2.26 bits per heavy atom. The first-order chi connectivity index (χ1) is 12.6. The summed E-state index contributed by atoms with van der Waals surface area (Å²) < 4.78 is 39.9. The molecule has 0 saturated carbocycles. The molecule has 8 heteroatoms. The first-order valence-corrected chi connectivity index (χ1v) is 12.8. The van der Waals surface area contributed by atoms with E-state index in [1.165, 1.54) is 0 Å².